The molecule has 2 N–H and O–H groups in total. The molecule has 0 unspecified atom stereocenters. The molecule has 3 rings (SSSR count). The quantitative estimate of drug-likeness (QED) is 0.859. The molecule has 2 heteroatoms. The summed E-state index contributed by atoms with van der Waals surface area (Å²) in [7, 11) is 0. The van der Waals surface area contributed by atoms with Crippen LogP contribution in [-0.4, -0.2) is 18.3 Å². The molecule has 2 aromatic rings. The van der Waals surface area contributed by atoms with Crippen molar-refractivity contribution in [2.24, 2.45) is 5.41 Å². The normalized spacial score (nSPS) is 17.4. The highest BCUT2D eigenvalue weighted by atomic mass is 16.3. The van der Waals surface area contributed by atoms with Gasteiger partial charge in [0.2, 0.25) is 0 Å². The number of hydrogen-bond acceptors (Lipinski definition) is 2. The Labute approximate surface area is 108 Å². The third-order valence-corrected chi connectivity index (χ3v) is 4.19. The number of rotatable bonds is 4. The molecule has 0 aliphatic heterocycles. The third kappa shape index (κ3) is 1.97. The van der Waals surface area contributed by atoms with Gasteiger partial charge in [0.05, 0.1) is 6.61 Å². The molecular formula is C16H19NO. The Hall–Kier alpha value is -1.54. The molecule has 1 aliphatic carbocycles. The first-order valence-electron chi connectivity index (χ1n) is 6.66. The maximum absolute atomic E-state index is 9.49. The highest BCUT2D eigenvalue weighted by Gasteiger charge is 2.35. The van der Waals surface area contributed by atoms with E-state index >= 15 is 0 Å². The lowest BCUT2D eigenvalue weighted by Crippen LogP contribution is -2.39. The number of anilines is 1. The number of nitrogens with one attached hydrogen (secondary N) is 1. The van der Waals surface area contributed by atoms with Crippen molar-refractivity contribution >= 4 is 16.5 Å². The number of aliphatic hydroxyl groups is 1. The van der Waals surface area contributed by atoms with E-state index in [1.807, 2.05) is 0 Å². The van der Waals surface area contributed by atoms with Crippen molar-refractivity contribution in [2.75, 3.05) is 18.5 Å². The maximum atomic E-state index is 9.49. The van der Waals surface area contributed by atoms with Crippen LogP contribution in [0.3, 0.4) is 0 Å². The zero-order chi connectivity index (χ0) is 12.4. The Morgan fingerprint density at radius 3 is 2.56 bits per heavy atom. The van der Waals surface area contributed by atoms with Gasteiger partial charge in [0.25, 0.3) is 0 Å². The number of aliphatic hydroxyl groups excluding tert-OH is 1. The molecule has 0 aromatic heterocycles. The van der Waals surface area contributed by atoms with Crippen LogP contribution in [0.15, 0.2) is 42.5 Å². The van der Waals surface area contributed by atoms with E-state index in [9.17, 15) is 5.11 Å². The first kappa shape index (κ1) is 11.5. The lowest BCUT2D eigenvalue weighted by molar-refractivity contribution is 0.0577. The minimum atomic E-state index is 0.122. The Morgan fingerprint density at radius 1 is 1.06 bits per heavy atom. The van der Waals surface area contributed by atoms with Gasteiger partial charge in [-0.1, -0.05) is 42.8 Å². The average Bonchev–Trinajstić information content (AvgIpc) is 2.38. The Morgan fingerprint density at radius 2 is 1.83 bits per heavy atom. The van der Waals surface area contributed by atoms with Crippen molar-refractivity contribution in [2.45, 2.75) is 19.3 Å². The summed E-state index contributed by atoms with van der Waals surface area (Å²) >= 11 is 0. The van der Waals surface area contributed by atoms with E-state index in [1.54, 1.807) is 0 Å². The van der Waals surface area contributed by atoms with E-state index in [4.69, 9.17) is 0 Å². The molecule has 1 aliphatic rings. The molecule has 0 bridgehead atoms. The topological polar surface area (TPSA) is 32.3 Å². The van der Waals surface area contributed by atoms with Crippen LogP contribution >= 0.6 is 0 Å². The standard InChI is InChI=1S/C16H19NO/c18-12-16(9-4-10-16)11-17-15-8-3-6-13-5-1-2-7-14(13)15/h1-3,5-8,17-18H,4,9-12H2. The Balaban J connectivity index is 1.82. The van der Waals surface area contributed by atoms with Gasteiger partial charge in [-0.05, 0) is 24.3 Å². The summed E-state index contributed by atoms with van der Waals surface area (Å²) in [6, 6.07) is 14.7. The fraction of sp³-hybridized carbons (Fsp3) is 0.375. The summed E-state index contributed by atoms with van der Waals surface area (Å²) < 4.78 is 0. The molecule has 94 valence electrons. The monoisotopic (exact) mass is 241 g/mol. The summed E-state index contributed by atoms with van der Waals surface area (Å²) in [5.74, 6) is 0. The fourth-order valence-corrected chi connectivity index (χ4v) is 2.73. The molecule has 0 radical (unpaired) electrons. The average molecular weight is 241 g/mol. The van der Waals surface area contributed by atoms with Crippen molar-refractivity contribution in [3.8, 4) is 0 Å². The molecule has 2 nitrogen and oxygen atoms in total. The SMILES string of the molecule is OCC1(CNc2cccc3ccccc23)CCC1. The predicted octanol–water partition coefficient (Wildman–Crippen LogP) is 3.41. The van der Waals surface area contributed by atoms with Gasteiger partial charge < -0.3 is 10.4 Å². The van der Waals surface area contributed by atoms with Crippen LogP contribution in [0.5, 0.6) is 0 Å². The number of hydrogen-bond donors (Lipinski definition) is 2. The van der Waals surface area contributed by atoms with Crippen LogP contribution in [0.25, 0.3) is 10.8 Å². The van der Waals surface area contributed by atoms with Gasteiger partial charge in [0.15, 0.2) is 0 Å². The molecular weight excluding hydrogens is 222 g/mol. The molecule has 1 saturated carbocycles. The molecule has 0 heterocycles. The van der Waals surface area contributed by atoms with E-state index in [-0.39, 0.29) is 5.41 Å². The van der Waals surface area contributed by atoms with E-state index < -0.39 is 0 Å². The van der Waals surface area contributed by atoms with Gasteiger partial charge in [-0.25, -0.2) is 0 Å². The van der Waals surface area contributed by atoms with Gasteiger partial charge in [0.1, 0.15) is 0 Å². The lowest BCUT2D eigenvalue weighted by Gasteiger charge is -2.40. The van der Waals surface area contributed by atoms with Crippen molar-refractivity contribution in [1.29, 1.82) is 0 Å². The molecule has 0 saturated heterocycles. The van der Waals surface area contributed by atoms with Crippen LogP contribution in [0.2, 0.25) is 0 Å². The second kappa shape index (κ2) is 4.62. The summed E-state index contributed by atoms with van der Waals surface area (Å²) in [6.45, 7) is 1.17. The fourth-order valence-electron chi connectivity index (χ4n) is 2.73. The zero-order valence-electron chi connectivity index (χ0n) is 10.5. The van der Waals surface area contributed by atoms with Gasteiger partial charge in [-0.2, -0.15) is 0 Å². The van der Waals surface area contributed by atoms with Gasteiger partial charge in [-0.15, -0.1) is 0 Å². The van der Waals surface area contributed by atoms with E-state index in [1.165, 1.54) is 22.9 Å². The highest BCUT2D eigenvalue weighted by molar-refractivity contribution is 5.93. The second-order valence-corrected chi connectivity index (χ2v) is 5.39. The van der Waals surface area contributed by atoms with Crippen molar-refractivity contribution < 1.29 is 5.11 Å². The highest BCUT2D eigenvalue weighted by Crippen LogP contribution is 2.40. The van der Waals surface area contributed by atoms with Crippen LogP contribution in [-0.2, 0) is 0 Å². The van der Waals surface area contributed by atoms with E-state index in [2.05, 4.69) is 47.8 Å². The molecule has 0 spiro atoms. The second-order valence-electron chi connectivity index (χ2n) is 5.39. The van der Waals surface area contributed by atoms with Crippen molar-refractivity contribution in [3.63, 3.8) is 0 Å². The van der Waals surface area contributed by atoms with Crippen LogP contribution in [0, 0.1) is 5.41 Å². The van der Waals surface area contributed by atoms with Crippen LogP contribution in [0.1, 0.15) is 19.3 Å². The molecule has 1 fully saturated rings. The van der Waals surface area contributed by atoms with Gasteiger partial charge >= 0.3 is 0 Å². The predicted molar refractivity (Wildman–Crippen MR) is 75.8 cm³/mol. The third-order valence-electron chi connectivity index (χ3n) is 4.19. The number of benzene rings is 2. The van der Waals surface area contributed by atoms with Gasteiger partial charge in [-0.3, -0.25) is 0 Å². The molecule has 18 heavy (non-hydrogen) atoms. The molecule has 0 atom stereocenters. The van der Waals surface area contributed by atoms with E-state index in [0.717, 1.165) is 19.4 Å². The first-order chi connectivity index (χ1) is 8.83. The Bertz CT molecular complexity index is 535. The summed E-state index contributed by atoms with van der Waals surface area (Å²) in [5, 5.41) is 15.5. The van der Waals surface area contributed by atoms with Crippen LogP contribution in [0.4, 0.5) is 5.69 Å². The molecule has 0 amide bonds. The lowest BCUT2D eigenvalue weighted by atomic mass is 9.69. The smallest absolute Gasteiger partial charge is 0.0504 e. The summed E-state index contributed by atoms with van der Waals surface area (Å²) in [5.41, 5.74) is 1.30. The van der Waals surface area contributed by atoms with Crippen LogP contribution < -0.4 is 5.32 Å². The van der Waals surface area contributed by atoms with E-state index in [0.29, 0.717) is 6.61 Å². The van der Waals surface area contributed by atoms with Crippen molar-refractivity contribution in [1.82, 2.24) is 0 Å². The first-order valence-corrected chi connectivity index (χ1v) is 6.66. The maximum Gasteiger partial charge on any atom is 0.0504 e. The van der Waals surface area contributed by atoms with Gasteiger partial charge in [0, 0.05) is 23.0 Å². The summed E-state index contributed by atoms with van der Waals surface area (Å²) in [6.07, 6.45) is 3.53. The summed E-state index contributed by atoms with van der Waals surface area (Å²) in [4.78, 5) is 0. The zero-order valence-corrected chi connectivity index (χ0v) is 10.5. The molecule has 2 aromatic carbocycles. The minimum Gasteiger partial charge on any atom is -0.396 e. The van der Waals surface area contributed by atoms with Crippen molar-refractivity contribution in [3.05, 3.63) is 42.5 Å². The minimum absolute atomic E-state index is 0.122. The largest absolute Gasteiger partial charge is 0.396 e. The number of fused-ring (bicyclic) bond motifs is 1. The Kier molecular flexibility index (Phi) is 2.96.